The smallest absolute Gasteiger partial charge is 0.275 e. The third kappa shape index (κ3) is 5.15. The zero-order valence-electron chi connectivity index (χ0n) is 21.1. The zero-order chi connectivity index (χ0) is 25.8. The third-order valence-electron chi connectivity index (χ3n) is 7.66. The van der Waals surface area contributed by atoms with E-state index in [4.69, 9.17) is 16.3 Å². The van der Waals surface area contributed by atoms with Crippen LogP contribution in [0.5, 0.6) is 0 Å². The van der Waals surface area contributed by atoms with Crippen LogP contribution in [0, 0.1) is 0 Å². The molecule has 2 aliphatic rings. The molecule has 196 valence electrons. The summed E-state index contributed by atoms with van der Waals surface area (Å²) >= 11 is 6.33. The topological polar surface area (TPSA) is 105 Å². The normalized spacial score (nSPS) is 19.2. The van der Waals surface area contributed by atoms with Gasteiger partial charge in [0.15, 0.2) is 5.82 Å². The molecule has 3 aromatic rings. The van der Waals surface area contributed by atoms with Crippen molar-refractivity contribution in [3.8, 4) is 0 Å². The van der Waals surface area contributed by atoms with Crippen LogP contribution in [0.4, 0.5) is 5.82 Å². The maximum atomic E-state index is 14.2. The van der Waals surface area contributed by atoms with Crippen LogP contribution in [0.15, 0.2) is 42.6 Å². The predicted octanol–water partition coefficient (Wildman–Crippen LogP) is 4.72. The van der Waals surface area contributed by atoms with E-state index in [9.17, 15) is 9.59 Å². The van der Waals surface area contributed by atoms with Crippen LogP contribution in [-0.2, 0) is 21.5 Å². The van der Waals surface area contributed by atoms with E-state index in [1.54, 1.807) is 24.1 Å². The van der Waals surface area contributed by atoms with Crippen molar-refractivity contribution in [2.45, 2.75) is 62.9 Å². The molecule has 10 heteroatoms. The number of amides is 2. The molecule has 1 aliphatic carbocycles. The minimum absolute atomic E-state index is 0.122. The second kappa shape index (κ2) is 11.1. The molecule has 2 N–H and O–H groups in total. The Morgan fingerprint density at radius 1 is 1.19 bits per heavy atom. The molecule has 1 unspecified atom stereocenters. The molecule has 1 saturated heterocycles. The molecule has 5 rings (SSSR count). The van der Waals surface area contributed by atoms with Gasteiger partial charge in [0.25, 0.3) is 5.91 Å². The number of piperidine rings is 1. The highest BCUT2D eigenvalue weighted by Gasteiger charge is 2.47. The van der Waals surface area contributed by atoms with Gasteiger partial charge in [-0.2, -0.15) is 10.2 Å². The summed E-state index contributed by atoms with van der Waals surface area (Å²) < 4.78 is 6.70. The number of benzene rings is 1. The highest BCUT2D eigenvalue weighted by Crippen LogP contribution is 2.45. The number of H-pyrrole nitrogens is 1. The van der Waals surface area contributed by atoms with Crippen molar-refractivity contribution < 1.29 is 14.3 Å². The van der Waals surface area contributed by atoms with Gasteiger partial charge >= 0.3 is 0 Å². The van der Waals surface area contributed by atoms with Crippen LogP contribution < -0.4 is 5.32 Å². The van der Waals surface area contributed by atoms with Crippen LogP contribution in [0.1, 0.15) is 72.7 Å². The second-order valence-electron chi connectivity index (χ2n) is 9.90. The van der Waals surface area contributed by atoms with Gasteiger partial charge in [-0.05, 0) is 55.9 Å². The number of carbonyl (C=O) groups excluding carboxylic acids is 2. The van der Waals surface area contributed by atoms with Gasteiger partial charge in [0.2, 0.25) is 5.91 Å². The highest BCUT2D eigenvalue weighted by atomic mass is 35.5. The van der Waals surface area contributed by atoms with Gasteiger partial charge in [-0.3, -0.25) is 19.4 Å². The predicted molar refractivity (Wildman–Crippen MR) is 141 cm³/mol. The molecule has 1 aliphatic heterocycles. The van der Waals surface area contributed by atoms with Crippen LogP contribution in [0.3, 0.4) is 0 Å². The summed E-state index contributed by atoms with van der Waals surface area (Å²) in [6, 6.07) is 11.2. The number of rotatable bonds is 8. The maximum absolute atomic E-state index is 14.2. The lowest BCUT2D eigenvalue weighted by Gasteiger charge is -2.41. The number of aromatic amines is 1. The van der Waals surface area contributed by atoms with Crippen LogP contribution in [0.25, 0.3) is 0 Å². The third-order valence-corrected chi connectivity index (χ3v) is 7.90. The first kappa shape index (κ1) is 25.5. The second-order valence-corrected chi connectivity index (χ2v) is 10.3. The number of anilines is 1. The number of halogens is 1. The largest absolute Gasteiger partial charge is 0.383 e. The Morgan fingerprint density at radius 3 is 2.81 bits per heavy atom. The zero-order valence-corrected chi connectivity index (χ0v) is 21.8. The fraction of sp³-hybridized carbons (Fsp3) is 0.481. The molecule has 1 aromatic carbocycles. The molecule has 37 heavy (non-hydrogen) atoms. The number of hydrogen-bond acceptors (Lipinski definition) is 5. The van der Waals surface area contributed by atoms with E-state index < -0.39 is 5.41 Å². The molecular formula is C27H33ClN6O3. The summed E-state index contributed by atoms with van der Waals surface area (Å²) in [6.45, 7) is 1.63. The van der Waals surface area contributed by atoms with E-state index in [1.807, 2.05) is 35.2 Å². The van der Waals surface area contributed by atoms with Gasteiger partial charge in [-0.25, -0.2) is 0 Å². The summed E-state index contributed by atoms with van der Waals surface area (Å²) in [5.74, 6) is 0.288. The fourth-order valence-corrected chi connectivity index (χ4v) is 5.99. The van der Waals surface area contributed by atoms with Crippen molar-refractivity contribution in [2.75, 3.05) is 25.6 Å². The summed E-state index contributed by atoms with van der Waals surface area (Å²) in [4.78, 5) is 29.1. The highest BCUT2D eigenvalue weighted by molar-refractivity contribution is 6.30. The van der Waals surface area contributed by atoms with Crippen LogP contribution >= 0.6 is 11.6 Å². The van der Waals surface area contributed by atoms with E-state index in [1.165, 1.54) is 0 Å². The molecule has 0 spiro atoms. The Morgan fingerprint density at radius 2 is 2.03 bits per heavy atom. The van der Waals surface area contributed by atoms with Crippen molar-refractivity contribution in [3.05, 3.63) is 64.6 Å². The number of ether oxygens (including phenoxy) is 1. The molecule has 3 heterocycles. The van der Waals surface area contributed by atoms with E-state index >= 15 is 0 Å². The SMILES string of the molecule is COCCn1nccc1C(=O)Nc1cc(C2CCCCN2C(=O)C2(c3cccc(Cl)c3)CCCC2)[nH]n1. The molecule has 0 radical (unpaired) electrons. The number of likely N-dealkylation sites (tertiary alicyclic amines) is 1. The maximum Gasteiger partial charge on any atom is 0.275 e. The van der Waals surface area contributed by atoms with Crippen LogP contribution in [-0.4, -0.2) is 57.0 Å². The van der Waals surface area contributed by atoms with Gasteiger partial charge in [0.05, 0.1) is 30.3 Å². The van der Waals surface area contributed by atoms with Crippen molar-refractivity contribution in [2.24, 2.45) is 0 Å². The van der Waals surface area contributed by atoms with Gasteiger partial charge in [0.1, 0.15) is 5.69 Å². The Balaban J connectivity index is 1.35. The Kier molecular flexibility index (Phi) is 7.62. The van der Waals surface area contributed by atoms with Crippen molar-refractivity contribution in [3.63, 3.8) is 0 Å². The number of methoxy groups -OCH3 is 1. The van der Waals surface area contributed by atoms with Gasteiger partial charge in [-0.1, -0.05) is 36.6 Å². The van der Waals surface area contributed by atoms with E-state index in [2.05, 4.69) is 20.6 Å². The minimum atomic E-state index is -0.543. The Hall–Kier alpha value is -3.17. The summed E-state index contributed by atoms with van der Waals surface area (Å²) in [6.07, 6.45) is 8.14. The number of nitrogens with one attached hydrogen (secondary N) is 2. The quantitative estimate of drug-likeness (QED) is 0.443. The van der Waals surface area contributed by atoms with Gasteiger partial charge < -0.3 is 15.0 Å². The molecular weight excluding hydrogens is 492 g/mol. The van der Waals surface area contributed by atoms with Gasteiger partial charge in [-0.15, -0.1) is 0 Å². The minimum Gasteiger partial charge on any atom is -0.383 e. The van der Waals surface area contributed by atoms with E-state index in [-0.39, 0.29) is 17.9 Å². The summed E-state index contributed by atoms with van der Waals surface area (Å²) in [7, 11) is 1.61. The number of hydrogen-bond donors (Lipinski definition) is 2. The van der Waals surface area contributed by atoms with Crippen molar-refractivity contribution in [1.82, 2.24) is 24.9 Å². The number of aromatic nitrogens is 4. The lowest BCUT2D eigenvalue weighted by atomic mass is 9.76. The first-order valence-electron chi connectivity index (χ1n) is 13.0. The fourth-order valence-electron chi connectivity index (χ4n) is 5.80. The molecule has 9 nitrogen and oxygen atoms in total. The Bertz CT molecular complexity index is 1250. The first-order valence-corrected chi connectivity index (χ1v) is 13.3. The molecule has 2 amide bonds. The lowest BCUT2D eigenvalue weighted by Crippen LogP contribution is -2.48. The average molecular weight is 525 g/mol. The van der Waals surface area contributed by atoms with Gasteiger partial charge in [0, 0.05) is 30.9 Å². The molecule has 1 saturated carbocycles. The number of nitrogens with zero attached hydrogens (tertiary/aromatic N) is 4. The molecule has 2 aromatic heterocycles. The monoisotopic (exact) mass is 524 g/mol. The average Bonchev–Trinajstić information content (AvgIpc) is 3.68. The number of carbonyl (C=O) groups is 2. The molecule has 0 bridgehead atoms. The summed E-state index contributed by atoms with van der Waals surface area (Å²) in [5.41, 5.74) is 1.73. The Labute approximate surface area is 221 Å². The van der Waals surface area contributed by atoms with E-state index in [0.717, 1.165) is 56.2 Å². The van der Waals surface area contributed by atoms with E-state index in [0.29, 0.717) is 36.2 Å². The lowest BCUT2D eigenvalue weighted by molar-refractivity contribution is -0.141. The summed E-state index contributed by atoms with van der Waals surface area (Å²) in [5, 5.41) is 15.1. The first-order chi connectivity index (χ1) is 18.0. The molecule has 2 fully saturated rings. The van der Waals surface area contributed by atoms with Crippen LogP contribution in [0.2, 0.25) is 5.02 Å². The van der Waals surface area contributed by atoms with Crippen molar-refractivity contribution >= 4 is 29.2 Å². The van der Waals surface area contributed by atoms with Crippen molar-refractivity contribution in [1.29, 1.82) is 0 Å². The molecule has 1 atom stereocenters. The standard InChI is InChI=1S/C27H33ClN6O3/c1-37-16-15-34-23(10-13-29-34)25(35)30-24-18-21(31-32-24)22-9-2-5-14-33(22)26(36)27(11-3-4-12-27)19-7-6-8-20(28)17-19/h6-8,10,13,17-18,22H,2-5,9,11-12,14-16H2,1H3,(H2,30,31,32,35).